The van der Waals surface area contributed by atoms with Crippen LogP contribution in [0.1, 0.15) is 6.92 Å². The molecule has 21 heavy (non-hydrogen) atoms. The predicted molar refractivity (Wildman–Crippen MR) is 83.8 cm³/mol. The van der Waals surface area contributed by atoms with Crippen molar-refractivity contribution < 1.29 is 4.79 Å². The van der Waals surface area contributed by atoms with E-state index in [2.05, 4.69) is 15.3 Å². The van der Waals surface area contributed by atoms with Crippen LogP contribution in [0.4, 0.5) is 5.95 Å². The van der Waals surface area contributed by atoms with Crippen molar-refractivity contribution >= 4 is 11.9 Å². The molecule has 3 rings (SSSR count). The summed E-state index contributed by atoms with van der Waals surface area (Å²) >= 11 is 0. The van der Waals surface area contributed by atoms with E-state index in [1.54, 1.807) is 0 Å². The topological polar surface area (TPSA) is 57.8 Å². The van der Waals surface area contributed by atoms with Gasteiger partial charge in [-0.3, -0.25) is 10.1 Å². The zero-order valence-electron chi connectivity index (χ0n) is 11.6. The van der Waals surface area contributed by atoms with Crippen LogP contribution in [-0.2, 0) is 4.79 Å². The second-order valence-corrected chi connectivity index (χ2v) is 4.72. The molecule has 4 heteroatoms. The van der Waals surface area contributed by atoms with E-state index in [4.69, 9.17) is 0 Å². The number of anilines is 1. The molecular formula is C17H15N3O. The molecule has 0 aliphatic carbocycles. The molecule has 1 heterocycles. The number of hydrogen-bond donors (Lipinski definition) is 2. The van der Waals surface area contributed by atoms with Crippen molar-refractivity contribution in [2.75, 3.05) is 5.32 Å². The van der Waals surface area contributed by atoms with Crippen molar-refractivity contribution in [3.8, 4) is 22.5 Å². The summed E-state index contributed by atoms with van der Waals surface area (Å²) in [6, 6.07) is 19.8. The third-order valence-electron chi connectivity index (χ3n) is 3.11. The van der Waals surface area contributed by atoms with Gasteiger partial charge in [-0.1, -0.05) is 60.7 Å². The SMILES string of the molecule is CC(=O)Nc1nc(-c2ccccc2)c(-c2ccccc2)[nH]1. The van der Waals surface area contributed by atoms with Gasteiger partial charge in [0.25, 0.3) is 0 Å². The second-order valence-electron chi connectivity index (χ2n) is 4.72. The summed E-state index contributed by atoms with van der Waals surface area (Å²) in [5.41, 5.74) is 3.75. The van der Waals surface area contributed by atoms with Gasteiger partial charge in [0.2, 0.25) is 11.9 Å². The molecule has 2 aromatic carbocycles. The maximum absolute atomic E-state index is 11.2. The lowest BCUT2D eigenvalue weighted by Gasteiger charge is -2.02. The molecule has 0 aliphatic heterocycles. The third kappa shape index (κ3) is 2.84. The number of amides is 1. The monoisotopic (exact) mass is 277 g/mol. The van der Waals surface area contributed by atoms with Crippen molar-refractivity contribution in [2.24, 2.45) is 0 Å². The van der Waals surface area contributed by atoms with Crippen LogP contribution in [0.15, 0.2) is 60.7 Å². The van der Waals surface area contributed by atoms with Crippen molar-refractivity contribution in [1.29, 1.82) is 0 Å². The highest BCUT2D eigenvalue weighted by atomic mass is 16.1. The quantitative estimate of drug-likeness (QED) is 0.767. The summed E-state index contributed by atoms with van der Waals surface area (Å²) in [7, 11) is 0. The first-order valence-corrected chi connectivity index (χ1v) is 6.72. The van der Waals surface area contributed by atoms with Crippen LogP contribution in [0.25, 0.3) is 22.5 Å². The minimum absolute atomic E-state index is 0.150. The lowest BCUT2D eigenvalue weighted by molar-refractivity contribution is -0.114. The van der Waals surface area contributed by atoms with Crippen LogP contribution in [0.2, 0.25) is 0 Å². The Morgan fingerprint density at radius 1 is 0.952 bits per heavy atom. The fraction of sp³-hybridized carbons (Fsp3) is 0.0588. The van der Waals surface area contributed by atoms with E-state index in [0.29, 0.717) is 5.95 Å². The van der Waals surface area contributed by atoms with Crippen LogP contribution in [0, 0.1) is 0 Å². The molecule has 0 saturated carbocycles. The molecule has 0 bridgehead atoms. The lowest BCUT2D eigenvalue weighted by Crippen LogP contribution is -2.06. The highest BCUT2D eigenvalue weighted by Crippen LogP contribution is 2.31. The number of imidazole rings is 1. The Morgan fingerprint density at radius 2 is 1.52 bits per heavy atom. The first-order chi connectivity index (χ1) is 10.2. The lowest BCUT2D eigenvalue weighted by atomic mass is 10.1. The van der Waals surface area contributed by atoms with Gasteiger partial charge in [-0.2, -0.15) is 0 Å². The molecule has 0 unspecified atom stereocenters. The number of aromatic amines is 1. The smallest absolute Gasteiger partial charge is 0.223 e. The van der Waals surface area contributed by atoms with E-state index in [9.17, 15) is 4.79 Å². The number of H-pyrrole nitrogens is 1. The van der Waals surface area contributed by atoms with Crippen molar-refractivity contribution in [2.45, 2.75) is 6.92 Å². The summed E-state index contributed by atoms with van der Waals surface area (Å²) in [6.45, 7) is 1.47. The first-order valence-electron chi connectivity index (χ1n) is 6.72. The summed E-state index contributed by atoms with van der Waals surface area (Å²) in [6.07, 6.45) is 0. The Labute approximate surface area is 122 Å². The fourth-order valence-corrected chi connectivity index (χ4v) is 2.22. The van der Waals surface area contributed by atoms with Gasteiger partial charge in [0, 0.05) is 18.1 Å². The van der Waals surface area contributed by atoms with E-state index < -0.39 is 0 Å². The number of aromatic nitrogens is 2. The van der Waals surface area contributed by atoms with Crippen LogP contribution < -0.4 is 5.32 Å². The molecule has 2 N–H and O–H groups in total. The molecule has 0 saturated heterocycles. The largest absolute Gasteiger partial charge is 0.323 e. The summed E-state index contributed by atoms with van der Waals surface area (Å²) < 4.78 is 0. The van der Waals surface area contributed by atoms with E-state index in [-0.39, 0.29) is 5.91 Å². The van der Waals surface area contributed by atoms with Gasteiger partial charge < -0.3 is 4.98 Å². The van der Waals surface area contributed by atoms with E-state index in [1.165, 1.54) is 6.92 Å². The first kappa shape index (κ1) is 13.1. The van der Waals surface area contributed by atoms with Gasteiger partial charge in [0.05, 0.1) is 11.4 Å². The zero-order valence-corrected chi connectivity index (χ0v) is 11.6. The molecule has 0 spiro atoms. The zero-order chi connectivity index (χ0) is 14.7. The number of carbonyl (C=O) groups excluding carboxylic acids is 1. The molecule has 1 aromatic heterocycles. The summed E-state index contributed by atoms with van der Waals surface area (Å²) in [4.78, 5) is 18.9. The number of carbonyl (C=O) groups is 1. The van der Waals surface area contributed by atoms with Gasteiger partial charge in [0.15, 0.2) is 0 Å². The van der Waals surface area contributed by atoms with E-state index in [0.717, 1.165) is 22.5 Å². The molecule has 0 radical (unpaired) electrons. The van der Waals surface area contributed by atoms with Crippen LogP contribution in [0.5, 0.6) is 0 Å². The molecule has 3 aromatic rings. The van der Waals surface area contributed by atoms with Gasteiger partial charge in [-0.25, -0.2) is 4.98 Å². The third-order valence-corrected chi connectivity index (χ3v) is 3.11. The second kappa shape index (κ2) is 5.63. The standard InChI is InChI=1S/C17H15N3O/c1-12(21)18-17-19-15(13-8-4-2-5-9-13)16(20-17)14-10-6-3-7-11-14/h2-11H,1H3,(H2,18,19,20,21). The Morgan fingerprint density at radius 3 is 2.10 bits per heavy atom. The van der Waals surface area contributed by atoms with Crippen LogP contribution in [0.3, 0.4) is 0 Å². The molecule has 0 aliphatic rings. The molecule has 1 amide bonds. The molecule has 0 fully saturated rings. The van der Waals surface area contributed by atoms with Crippen molar-refractivity contribution in [3.63, 3.8) is 0 Å². The maximum atomic E-state index is 11.2. The average Bonchev–Trinajstić information content (AvgIpc) is 2.92. The van der Waals surface area contributed by atoms with Crippen LogP contribution >= 0.6 is 0 Å². The van der Waals surface area contributed by atoms with Gasteiger partial charge in [0.1, 0.15) is 0 Å². The predicted octanol–water partition coefficient (Wildman–Crippen LogP) is 3.70. The molecular weight excluding hydrogens is 262 g/mol. The van der Waals surface area contributed by atoms with Gasteiger partial charge in [-0.05, 0) is 0 Å². The minimum Gasteiger partial charge on any atom is -0.323 e. The summed E-state index contributed by atoms with van der Waals surface area (Å²) in [5, 5.41) is 2.70. The highest BCUT2D eigenvalue weighted by molar-refractivity contribution is 5.89. The van der Waals surface area contributed by atoms with Crippen LogP contribution in [-0.4, -0.2) is 15.9 Å². The number of nitrogens with one attached hydrogen (secondary N) is 2. The number of hydrogen-bond acceptors (Lipinski definition) is 2. The Kier molecular flexibility index (Phi) is 3.51. The summed E-state index contributed by atoms with van der Waals surface area (Å²) in [5.74, 6) is 0.308. The van der Waals surface area contributed by atoms with Gasteiger partial charge >= 0.3 is 0 Å². The minimum atomic E-state index is -0.150. The van der Waals surface area contributed by atoms with Gasteiger partial charge in [-0.15, -0.1) is 0 Å². The molecule has 104 valence electrons. The number of nitrogens with zero attached hydrogens (tertiary/aromatic N) is 1. The highest BCUT2D eigenvalue weighted by Gasteiger charge is 2.14. The number of rotatable bonds is 3. The Hall–Kier alpha value is -2.88. The van der Waals surface area contributed by atoms with E-state index >= 15 is 0 Å². The molecule has 4 nitrogen and oxygen atoms in total. The normalized spacial score (nSPS) is 10.3. The number of benzene rings is 2. The maximum Gasteiger partial charge on any atom is 0.223 e. The van der Waals surface area contributed by atoms with Crippen molar-refractivity contribution in [3.05, 3.63) is 60.7 Å². The Balaban J connectivity index is 2.13. The fourth-order valence-electron chi connectivity index (χ4n) is 2.22. The average molecular weight is 277 g/mol. The van der Waals surface area contributed by atoms with Crippen molar-refractivity contribution in [1.82, 2.24) is 9.97 Å². The van der Waals surface area contributed by atoms with E-state index in [1.807, 2.05) is 60.7 Å². The molecule has 0 atom stereocenters. The Bertz CT molecular complexity index is 691.